The summed E-state index contributed by atoms with van der Waals surface area (Å²) in [6.07, 6.45) is 2.12. The fraction of sp³-hybridized carbons (Fsp3) is 0.647. The molecule has 22 heavy (non-hydrogen) atoms. The molecule has 120 valence electrons. The van der Waals surface area contributed by atoms with Crippen LogP contribution in [0.5, 0.6) is 0 Å². The summed E-state index contributed by atoms with van der Waals surface area (Å²) in [5, 5.41) is 10.9. The van der Waals surface area contributed by atoms with E-state index in [0.29, 0.717) is 5.57 Å². The minimum atomic E-state index is -0.990. The van der Waals surface area contributed by atoms with Gasteiger partial charge in [-0.15, -0.1) is 0 Å². The fourth-order valence-corrected chi connectivity index (χ4v) is 4.40. The summed E-state index contributed by atoms with van der Waals surface area (Å²) >= 11 is 0. The van der Waals surface area contributed by atoms with Crippen molar-refractivity contribution in [3.8, 4) is 0 Å². The number of allylic oxidation sites excluding steroid dienone is 1. The third kappa shape index (κ3) is 2.19. The van der Waals surface area contributed by atoms with Crippen molar-refractivity contribution in [2.24, 2.45) is 17.8 Å². The van der Waals surface area contributed by atoms with Crippen LogP contribution in [-0.2, 0) is 19.1 Å². The second kappa shape index (κ2) is 4.95. The summed E-state index contributed by atoms with van der Waals surface area (Å²) in [7, 11) is 0. The predicted octanol–water partition coefficient (Wildman–Crippen LogP) is 1.75. The molecule has 0 aromatic heterocycles. The Morgan fingerprint density at radius 3 is 2.82 bits per heavy atom. The molecule has 0 aromatic carbocycles. The van der Waals surface area contributed by atoms with E-state index in [1.165, 1.54) is 6.92 Å². The minimum Gasteiger partial charge on any atom is -0.462 e. The largest absolute Gasteiger partial charge is 0.462 e. The molecule has 1 saturated heterocycles. The number of carbonyl (C=O) groups is 2. The highest BCUT2D eigenvalue weighted by atomic mass is 16.6. The minimum absolute atomic E-state index is 0.0424. The average Bonchev–Trinajstić information content (AvgIpc) is 2.87. The third-order valence-electron chi connectivity index (χ3n) is 5.40. The quantitative estimate of drug-likeness (QED) is 0.454. The van der Waals surface area contributed by atoms with Crippen LogP contribution in [0.1, 0.15) is 33.6 Å². The lowest BCUT2D eigenvalue weighted by molar-refractivity contribution is -0.152. The van der Waals surface area contributed by atoms with Gasteiger partial charge in [0, 0.05) is 30.8 Å². The lowest BCUT2D eigenvalue weighted by Crippen LogP contribution is -2.40. The highest BCUT2D eigenvalue weighted by Crippen LogP contribution is 2.52. The van der Waals surface area contributed by atoms with E-state index in [9.17, 15) is 14.7 Å². The molecule has 2 fully saturated rings. The smallest absolute Gasteiger partial charge is 0.334 e. The summed E-state index contributed by atoms with van der Waals surface area (Å²) < 4.78 is 11.0. The van der Waals surface area contributed by atoms with Gasteiger partial charge in [0.15, 0.2) is 0 Å². The van der Waals surface area contributed by atoms with Gasteiger partial charge in [0.2, 0.25) is 0 Å². The lowest BCUT2D eigenvalue weighted by Gasteiger charge is -2.34. The first-order valence-corrected chi connectivity index (χ1v) is 7.68. The summed E-state index contributed by atoms with van der Waals surface area (Å²) in [6.45, 7) is 8.95. The maximum atomic E-state index is 12.0. The molecule has 1 saturated carbocycles. The molecule has 5 heteroatoms. The molecule has 0 radical (unpaired) electrons. The predicted molar refractivity (Wildman–Crippen MR) is 78.7 cm³/mol. The Morgan fingerprint density at radius 2 is 2.18 bits per heavy atom. The maximum absolute atomic E-state index is 12.0. The molecular formula is C17H22O5. The zero-order valence-electron chi connectivity index (χ0n) is 13.2. The van der Waals surface area contributed by atoms with E-state index in [1.54, 1.807) is 6.92 Å². The summed E-state index contributed by atoms with van der Waals surface area (Å²) in [6, 6.07) is 0. The number of fused-ring (bicyclic) bond motifs is 3. The Balaban J connectivity index is 2.05. The van der Waals surface area contributed by atoms with Crippen molar-refractivity contribution >= 4 is 11.9 Å². The molecule has 3 rings (SSSR count). The normalized spacial score (nSPS) is 43.8. The first-order valence-electron chi connectivity index (χ1n) is 7.68. The molecule has 1 N–H and O–H groups in total. The van der Waals surface area contributed by atoms with Crippen LogP contribution in [0.4, 0.5) is 0 Å². The number of aliphatic hydroxyl groups is 1. The van der Waals surface area contributed by atoms with E-state index in [2.05, 4.69) is 12.7 Å². The van der Waals surface area contributed by atoms with Gasteiger partial charge in [-0.05, 0) is 20.3 Å². The van der Waals surface area contributed by atoms with Gasteiger partial charge in [-0.3, -0.25) is 4.79 Å². The number of hydrogen-bond acceptors (Lipinski definition) is 5. The second-order valence-electron chi connectivity index (χ2n) is 6.95. The molecule has 1 aliphatic heterocycles. The van der Waals surface area contributed by atoms with Crippen molar-refractivity contribution in [2.75, 3.05) is 0 Å². The Kier molecular flexibility index (Phi) is 3.44. The summed E-state index contributed by atoms with van der Waals surface area (Å²) in [4.78, 5) is 23.4. The van der Waals surface area contributed by atoms with E-state index in [4.69, 9.17) is 9.47 Å². The van der Waals surface area contributed by atoms with Crippen molar-refractivity contribution in [2.45, 2.75) is 51.4 Å². The van der Waals surface area contributed by atoms with E-state index in [0.717, 1.165) is 12.0 Å². The van der Waals surface area contributed by atoms with Gasteiger partial charge in [0.25, 0.3) is 0 Å². The Hall–Kier alpha value is -1.62. The first kappa shape index (κ1) is 15.3. The van der Waals surface area contributed by atoms with Gasteiger partial charge >= 0.3 is 11.9 Å². The molecule has 5 nitrogen and oxygen atoms in total. The van der Waals surface area contributed by atoms with Crippen molar-refractivity contribution in [3.05, 3.63) is 23.8 Å². The SMILES string of the molecule is C=C1C(=O)O[C@@H]2C3C(C)=CCC3[C@](C)(O)C[C@H](OC(C)=O)[C@@H]12. The first-order chi connectivity index (χ1) is 10.2. The lowest BCUT2D eigenvalue weighted by atomic mass is 9.76. The number of carbonyl (C=O) groups excluding carboxylic acids is 2. The van der Waals surface area contributed by atoms with Crippen LogP contribution < -0.4 is 0 Å². The molecule has 0 bridgehead atoms. The molecule has 2 unspecified atom stereocenters. The second-order valence-corrected chi connectivity index (χ2v) is 6.95. The molecule has 1 heterocycles. The van der Waals surface area contributed by atoms with E-state index >= 15 is 0 Å². The van der Waals surface area contributed by atoms with Gasteiger partial charge in [-0.25, -0.2) is 4.79 Å². The Morgan fingerprint density at radius 1 is 1.50 bits per heavy atom. The Bertz CT molecular complexity index is 574. The van der Waals surface area contributed by atoms with Crippen LogP contribution in [0.3, 0.4) is 0 Å². The van der Waals surface area contributed by atoms with Crippen LogP contribution in [-0.4, -0.2) is 34.9 Å². The Labute approximate surface area is 130 Å². The standard InChI is InChI=1S/C17H22O5/c1-8-5-6-11-13(8)15-14(9(2)16(19)22-15)12(21-10(3)18)7-17(11,4)20/h5,11-15,20H,2,6-7H2,1,3-4H3/t11?,12-,13?,14+,15+,17+/m0/s1. The van der Waals surface area contributed by atoms with E-state index in [1.807, 2.05) is 6.92 Å². The summed E-state index contributed by atoms with van der Waals surface area (Å²) in [5.74, 6) is -1.33. The van der Waals surface area contributed by atoms with Gasteiger partial charge in [-0.1, -0.05) is 18.2 Å². The van der Waals surface area contributed by atoms with Crippen LogP contribution in [0.15, 0.2) is 23.8 Å². The van der Waals surface area contributed by atoms with Gasteiger partial charge in [0.1, 0.15) is 12.2 Å². The number of esters is 2. The molecule has 0 spiro atoms. The topological polar surface area (TPSA) is 72.8 Å². The van der Waals surface area contributed by atoms with E-state index in [-0.39, 0.29) is 24.2 Å². The zero-order chi connectivity index (χ0) is 16.2. The number of hydrogen-bond donors (Lipinski definition) is 1. The third-order valence-corrected chi connectivity index (χ3v) is 5.40. The van der Waals surface area contributed by atoms with Crippen molar-refractivity contribution in [3.63, 3.8) is 0 Å². The van der Waals surface area contributed by atoms with Gasteiger partial charge in [0.05, 0.1) is 11.5 Å². The average molecular weight is 306 g/mol. The van der Waals surface area contributed by atoms with Crippen LogP contribution >= 0.6 is 0 Å². The molecule has 0 amide bonds. The van der Waals surface area contributed by atoms with E-state index < -0.39 is 29.7 Å². The van der Waals surface area contributed by atoms with Gasteiger partial charge in [-0.2, -0.15) is 0 Å². The molecular weight excluding hydrogens is 284 g/mol. The molecule has 3 aliphatic rings. The summed E-state index contributed by atoms with van der Waals surface area (Å²) in [5.41, 5.74) is 0.467. The van der Waals surface area contributed by atoms with Crippen molar-refractivity contribution in [1.29, 1.82) is 0 Å². The number of rotatable bonds is 1. The van der Waals surface area contributed by atoms with Crippen molar-refractivity contribution in [1.82, 2.24) is 0 Å². The molecule has 0 aromatic rings. The molecule has 2 aliphatic carbocycles. The highest BCUT2D eigenvalue weighted by molar-refractivity contribution is 5.91. The van der Waals surface area contributed by atoms with Crippen LogP contribution in [0, 0.1) is 17.8 Å². The monoisotopic (exact) mass is 306 g/mol. The van der Waals surface area contributed by atoms with Crippen LogP contribution in [0.25, 0.3) is 0 Å². The highest BCUT2D eigenvalue weighted by Gasteiger charge is 2.58. The zero-order valence-corrected chi connectivity index (χ0v) is 13.2. The van der Waals surface area contributed by atoms with Crippen molar-refractivity contribution < 1.29 is 24.2 Å². The fourth-order valence-electron chi connectivity index (χ4n) is 4.40. The molecule has 6 atom stereocenters. The van der Waals surface area contributed by atoms with Gasteiger partial charge < -0.3 is 14.6 Å². The number of ether oxygens (including phenoxy) is 2. The van der Waals surface area contributed by atoms with Crippen LogP contribution in [0.2, 0.25) is 0 Å². The maximum Gasteiger partial charge on any atom is 0.334 e.